The Kier molecular flexibility index (Phi) is 6.46. The number of piperidine rings is 1. The number of aryl methyl sites for hydroxylation is 3. The molecule has 1 fully saturated rings. The van der Waals surface area contributed by atoms with Gasteiger partial charge in [-0.15, -0.1) is 0 Å². The second-order valence-corrected chi connectivity index (χ2v) is 12.8. The highest BCUT2D eigenvalue weighted by Gasteiger charge is 2.32. The third kappa shape index (κ3) is 4.42. The van der Waals surface area contributed by atoms with Gasteiger partial charge in [0.15, 0.2) is 0 Å². The summed E-state index contributed by atoms with van der Waals surface area (Å²) >= 11 is 0. The maximum atomic E-state index is 13.6. The van der Waals surface area contributed by atoms with E-state index in [1.54, 1.807) is 4.31 Å². The van der Waals surface area contributed by atoms with E-state index in [1.807, 2.05) is 18.2 Å². The van der Waals surface area contributed by atoms with Crippen LogP contribution >= 0.6 is 0 Å². The van der Waals surface area contributed by atoms with Crippen LogP contribution in [0.5, 0.6) is 0 Å². The standard InChI is InChI=1S/C32H36N2O2S/c1-23-9-3-4-12-28(23)22-34-24(2)32(30-13-7-8-14-31(30)34)26-17-19-33(20-18-26)37(35,36)29-16-15-25-10-5-6-11-27(25)21-29/h3-4,7-9,12-16,21,26H,5-6,10-11,17-20,22H2,1-2H3. The Morgan fingerprint density at radius 2 is 1.54 bits per heavy atom. The van der Waals surface area contributed by atoms with E-state index in [2.05, 4.69) is 66.9 Å². The molecule has 1 aliphatic carbocycles. The van der Waals surface area contributed by atoms with E-state index >= 15 is 0 Å². The molecule has 4 aromatic rings. The summed E-state index contributed by atoms with van der Waals surface area (Å²) in [5, 5.41) is 1.31. The quantitative estimate of drug-likeness (QED) is 0.297. The second kappa shape index (κ2) is 9.77. The summed E-state index contributed by atoms with van der Waals surface area (Å²) in [6, 6.07) is 23.1. The lowest BCUT2D eigenvalue weighted by molar-refractivity contribution is 0.319. The topological polar surface area (TPSA) is 42.3 Å². The third-order valence-corrected chi connectivity index (χ3v) is 10.6. The SMILES string of the molecule is Cc1ccccc1Cn1c(C)c(C2CCN(S(=O)(=O)c3ccc4c(c3)CCCC4)CC2)c2ccccc21. The lowest BCUT2D eigenvalue weighted by Crippen LogP contribution is -2.38. The number of fused-ring (bicyclic) bond motifs is 2. The largest absolute Gasteiger partial charge is 0.340 e. The number of para-hydroxylation sites is 1. The van der Waals surface area contributed by atoms with Crippen LogP contribution in [-0.2, 0) is 29.4 Å². The number of sulfonamides is 1. The molecule has 3 aromatic carbocycles. The summed E-state index contributed by atoms with van der Waals surface area (Å²) in [4.78, 5) is 0.470. The Hall–Kier alpha value is -2.89. The van der Waals surface area contributed by atoms with E-state index in [0.29, 0.717) is 23.9 Å². The molecule has 37 heavy (non-hydrogen) atoms. The first kappa shape index (κ1) is 24.4. The molecule has 1 aliphatic heterocycles. The first-order valence-electron chi connectivity index (χ1n) is 13.7. The van der Waals surface area contributed by atoms with Crippen molar-refractivity contribution in [2.75, 3.05) is 13.1 Å². The minimum atomic E-state index is -3.47. The molecule has 2 heterocycles. The summed E-state index contributed by atoms with van der Waals surface area (Å²) in [5.74, 6) is 0.359. The zero-order valence-corrected chi connectivity index (χ0v) is 22.7. The first-order valence-corrected chi connectivity index (χ1v) is 15.1. The molecule has 0 N–H and O–H groups in total. The van der Waals surface area contributed by atoms with Crippen LogP contribution in [0, 0.1) is 13.8 Å². The zero-order chi connectivity index (χ0) is 25.6. The van der Waals surface area contributed by atoms with E-state index in [4.69, 9.17) is 0 Å². The average molecular weight is 513 g/mol. The summed E-state index contributed by atoms with van der Waals surface area (Å²) in [5.41, 5.74) is 9.16. The molecule has 4 nitrogen and oxygen atoms in total. The van der Waals surface area contributed by atoms with Gasteiger partial charge in [-0.2, -0.15) is 4.31 Å². The number of nitrogens with zero attached hydrogens (tertiary/aromatic N) is 2. The van der Waals surface area contributed by atoms with Crippen molar-refractivity contribution in [3.8, 4) is 0 Å². The molecule has 2 aliphatic rings. The molecular weight excluding hydrogens is 476 g/mol. The maximum Gasteiger partial charge on any atom is 0.243 e. The summed E-state index contributed by atoms with van der Waals surface area (Å²) in [6.07, 6.45) is 6.11. The molecule has 0 bridgehead atoms. The van der Waals surface area contributed by atoms with E-state index in [-0.39, 0.29) is 0 Å². The van der Waals surface area contributed by atoms with E-state index < -0.39 is 10.0 Å². The fourth-order valence-corrected chi connectivity index (χ4v) is 8.06. The van der Waals surface area contributed by atoms with Crippen LogP contribution in [0.25, 0.3) is 10.9 Å². The van der Waals surface area contributed by atoms with Gasteiger partial charge in [-0.05, 0) is 104 Å². The summed E-state index contributed by atoms with van der Waals surface area (Å²) in [7, 11) is -3.47. The van der Waals surface area contributed by atoms with Gasteiger partial charge >= 0.3 is 0 Å². The van der Waals surface area contributed by atoms with Gasteiger partial charge in [-0.25, -0.2) is 8.42 Å². The van der Waals surface area contributed by atoms with Crippen molar-refractivity contribution >= 4 is 20.9 Å². The molecular formula is C32H36N2O2S. The van der Waals surface area contributed by atoms with Crippen molar-refractivity contribution in [2.45, 2.75) is 69.7 Å². The third-order valence-electron chi connectivity index (χ3n) is 8.69. The predicted molar refractivity (Wildman–Crippen MR) is 151 cm³/mol. The van der Waals surface area contributed by atoms with Crippen molar-refractivity contribution in [1.82, 2.24) is 8.87 Å². The highest BCUT2D eigenvalue weighted by atomic mass is 32.2. The van der Waals surface area contributed by atoms with Gasteiger partial charge in [-0.1, -0.05) is 48.5 Å². The van der Waals surface area contributed by atoms with Crippen LogP contribution in [0.15, 0.2) is 71.6 Å². The predicted octanol–water partition coefficient (Wildman–Crippen LogP) is 6.75. The number of benzene rings is 3. The van der Waals surface area contributed by atoms with Gasteiger partial charge in [0, 0.05) is 36.2 Å². The monoisotopic (exact) mass is 512 g/mol. The fraction of sp³-hybridized carbons (Fsp3) is 0.375. The minimum Gasteiger partial charge on any atom is -0.340 e. The lowest BCUT2D eigenvalue weighted by Gasteiger charge is -2.32. The molecule has 0 atom stereocenters. The van der Waals surface area contributed by atoms with Crippen LogP contribution in [0.1, 0.15) is 65.1 Å². The van der Waals surface area contributed by atoms with Crippen molar-refractivity contribution < 1.29 is 8.42 Å². The number of hydrogen-bond acceptors (Lipinski definition) is 2. The van der Waals surface area contributed by atoms with E-state index in [0.717, 1.165) is 38.6 Å². The minimum absolute atomic E-state index is 0.359. The molecule has 6 rings (SSSR count). The maximum absolute atomic E-state index is 13.6. The van der Waals surface area contributed by atoms with Gasteiger partial charge in [0.1, 0.15) is 0 Å². The van der Waals surface area contributed by atoms with Crippen LogP contribution in [0.2, 0.25) is 0 Å². The Bertz CT molecular complexity index is 1560. The van der Waals surface area contributed by atoms with Gasteiger partial charge in [0.2, 0.25) is 10.0 Å². The molecule has 0 radical (unpaired) electrons. The van der Waals surface area contributed by atoms with Crippen LogP contribution < -0.4 is 0 Å². The second-order valence-electron chi connectivity index (χ2n) is 10.8. The molecule has 0 amide bonds. The highest BCUT2D eigenvalue weighted by Crippen LogP contribution is 2.39. The van der Waals surface area contributed by atoms with Gasteiger partial charge < -0.3 is 4.57 Å². The molecule has 192 valence electrons. The smallest absolute Gasteiger partial charge is 0.243 e. The molecule has 0 saturated carbocycles. The first-order chi connectivity index (χ1) is 17.9. The highest BCUT2D eigenvalue weighted by molar-refractivity contribution is 7.89. The van der Waals surface area contributed by atoms with Crippen molar-refractivity contribution in [3.05, 3.63) is 100 Å². The van der Waals surface area contributed by atoms with Crippen LogP contribution in [0.4, 0.5) is 0 Å². The normalized spacial score (nSPS) is 17.2. The molecule has 1 saturated heterocycles. The Morgan fingerprint density at radius 1 is 0.838 bits per heavy atom. The Morgan fingerprint density at radius 3 is 2.32 bits per heavy atom. The van der Waals surface area contributed by atoms with Crippen molar-refractivity contribution in [3.63, 3.8) is 0 Å². The molecule has 0 spiro atoms. The number of rotatable bonds is 5. The van der Waals surface area contributed by atoms with Gasteiger partial charge in [-0.3, -0.25) is 0 Å². The zero-order valence-electron chi connectivity index (χ0n) is 21.9. The fourth-order valence-electron chi connectivity index (χ4n) is 6.54. The van der Waals surface area contributed by atoms with Crippen LogP contribution in [-0.4, -0.2) is 30.4 Å². The Labute approximate surface area is 221 Å². The van der Waals surface area contributed by atoms with E-state index in [9.17, 15) is 8.42 Å². The number of aromatic nitrogens is 1. The van der Waals surface area contributed by atoms with Crippen LogP contribution in [0.3, 0.4) is 0 Å². The summed E-state index contributed by atoms with van der Waals surface area (Å²) < 4.78 is 31.3. The molecule has 5 heteroatoms. The van der Waals surface area contributed by atoms with Gasteiger partial charge in [0.25, 0.3) is 0 Å². The number of hydrogen-bond donors (Lipinski definition) is 0. The van der Waals surface area contributed by atoms with Crippen molar-refractivity contribution in [1.29, 1.82) is 0 Å². The van der Waals surface area contributed by atoms with Gasteiger partial charge in [0.05, 0.1) is 4.90 Å². The summed E-state index contributed by atoms with van der Waals surface area (Å²) in [6.45, 7) is 6.41. The lowest BCUT2D eigenvalue weighted by atomic mass is 9.88. The molecule has 0 unspecified atom stereocenters. The van der Waals surface area contributed by atoms with Crippen molar-refractivity contribution in [2.24, 2.45) is 0 Å². The molecule has 1 aromatic heterocycles. The van der Waals surface area contributed by atoms with E-state index in [1.165, 1.54) is 50.8 Å². The average Bonchev–Trinajstić information content (AvgIpc) is 3.20. The Balaban J connectivity index is 1.26.